The first kappa shape index (κ1) is 22.3. The molecule has 0 radical (unpaired) electrons. The summed E-state index contributed by atoms with van der Waals surface area (Å²) < 4.78 is 6.71. The molecule has 1 aromatic carbocycles. The summed E-state index contributed by atoms with van der Waals surface area (Å²) in [6, 6.07) is 8.68. The van der Waals surface area contributed by atoms with E-state index >= 15 is 0 Å². The summed E-state index contributed by atoms with van der Waals surface area (Å²) in [6.45, 7) is 1.75. The first-order chi connectivity index (χ1) is 16.5. The maximum Gasteiger partial charge on any atom is 0.345 e. The van der Waals surface area contributed by atoms with Crippen LogP contribution in [-0.2, 0) is 17.6 Å². The molecule has 0 aliphatic heterocycles. The van der Waals surface area contributed by atoms with Crippen LogP contribution in [0.25, 0.3) is 21.9 Å². The molecule has 5 rings (SSSR count). The maximum absolute atomic E-state index is 13.2. The van der Waals surface area contributed by atoms with Crippen LogP contribution in [0, 0.1) is 0 Å². The van der Waals surface area contributed by atoms with Crippen molar-refractivity contribution in [1.29, 1.82) is 0 Å². The van der Waals surface area contributed by atoms with Crippen molar-refractivity contribution in [2.75, 3.05) is 6.61 Å². The molecular formula is C26H24N2O5S. The quantitative estimate of drug-likeness (QED) is 0.355. The minimum atomic E-state index is -0.787. The second-order valence-electron chi connectivity index (χ2n) is 8.38. The number of ether oxygens (including phenoxy) is 1. The molecule has 7 nitrogen and oxygen atoms in total. The van der Waals surface area contributed by atoms with Gasteiger partial charge in [-0.2, -0.15) is 4.98 Å². The van der Waals surface area contributed by atoms with Crippen molar-refractivity contribution in [2.24, 2.45) is 0 Å². The van der Waals surface area contributed by atoms with Gasteiger partial charge < -0.3 is 9.84 Å². The Bertz CT molecular complexity index is 1530. The number of ketones is 1. The van der Waals surface area contributed by atoms with Crippen LogP contribution in [0.1, 0.15) is 63.8 Å². The van der Waals surface area contributed by atoms with Crippen LogP contribution in [-0.4, -0.2) is 32.9 Å². The van der Waals surface area contributed by atoms with E-state index in [4.69, 9.17) is 4.74 Å². The fourth-order valence-corrected chi connectivity index (χ4v) is 6.04. The lowest BCUT2D eigenvalue weighted by Crippen LogP contribution is -2.17. The van der Waals surface area contributed by atoms with Gasteiger partial charge in [-0.1, -0.05) is 43.2 Å². The minimum Gasteiger partial charge on any atom is -0.505 e. The Balaban J connectivity index is 1.88. The van der Waals surface area contributed by atoms with Crippen molar-refractivity contribution >= 4 is 45.0 Å². The number of carbonyl (C=O) groups excluding carboxylic acids is 2. The number of aryl methyl sites for hydroxylation is 2. The zero-order valence-corrected chi connectivity index (χ0v) is 19.6. The molecule has 0 fully saturated rings. The Morgan fingerprint density at radius 3 is 2.62 bits per heavy atom. The molecule has 8 heteroatoms. The highest BCUT2D eigenvalue weighted by Gasteiger charge is 2.28. The Morgan fingerprint density at radius 2 is 1.88 bits per heavy atom. The van der Waals surface area contributed by atoms with E-state index in [1.807, 2.05) is 6.07 Å². The molecule has 0 unspecified atom stereocenters. The molecule has 0 amide bonds. The number of nitrogens with zero attached hydrogens (tertiary/aromatic N) is 2. The van der Waals surface area contributed by atoms with Gasteiger partial charge in [0.15, 0.2) is 17.2 Å². The number of rotatable bonds is 4. The third kappa shape index (κ3) is 3.68. The van der Waals surface area contributed by atoms with E-state index in [1.54, 1.807) is 35.6 Å². The lowest BCUT2D eigenvalue weighted by Gasteiger charge is -2.08. The van der Waals surface area contributed by atoms with E-state index in [9.17, 15) is 19.5 Å². The highest BCUT2D eigenvalue weighted by atomic mass is 32.1. The van der Waals surface area contributed by atoms with E-state index in [2.05, 4.69) is 4.98 Å². The largest absolute Gasteiger partial charge is 0.505 e. The third-order valence-corrected chi connectivity index (χ3v) is 7.52. The first-order valence-electron chi connectivity index (χ1n) is 11.5. The lowest BCUT2D eigenvalue weighted by atomic mass is 9.98. The van der Waals surface area contributed by atoms with Gasteiger partial charge in [0.05, 0.1) is 17.3 Å². The van der Waals surface area contributed by atoms with Gasteiger partial charge in [0.25, 0.3) is 5.56 Å². The SMILES string of the molecule is CCOC(=O)c1c(O)/c(=C\C(=O)c2ccccc2)n2c1nc(=O)c1c3c(sc12)CCCCCC3. The molecule has 1 aliphatic carbocycles. The summed E-state index contributed by atoms with van der Waals surface area (Å²) in [5.74, 6) is -1.53. The Morgan fingerprint density at radius 1 is 1.15 bits per heavy atom. The average molecular weight is 477 g/mol. The van der Waals surface area contributed by atoms with Crippen LogP contribution in [0.4, 0.5) is 0 Å². The molecule has 0 atom stereocenters. The molecular weight excluding hydrogens is 452 g/mol. The van der Waals surface area contributed by atoms with Crippen molar-refractivity contribution < 1.29 is 19.4 Å². The summed E-state index contributed by atoms with van der Waals surface area (Å²) in [5, 5.41) is 11.7. The summed E-state index contributed by atoms with van der Waals surface area (Å²) in [6.07, 6.45) is 7.25. The molecule has 0 saturated carbocycles. The van der Waals surface area contributed by atoms with Gasteiger partial charge in [0.1, 0.15) is 10.4 Å². The monoisotopic (exact) mass is 476 g/mol. The number of benzene rings is 1. The molecule has 1 N–H and O–H groups in total. The zero-order chi connectivity index (χ0) is 23.8. The van der Waals surface area contributed by atoms with Crippen LogP contribution in [0.3, 0.4) is 0 Å². The van der Waals surface area contributed by atoms with Crippen LogP contribution in [0.2, 0.25) is 0 Å². The summed E-state index contributed by atoms with van der Waals surface area (Å²) >= 11 is 1.48. The van der Waals surface area contributed by atoms with Gasteiger partial charge in [0.2, 0.25) is 0 Å². The smallest absolute Gasteiger partial charge is 0.345 e. The van der Waals surface area contributed by atoms with Crippen LogP contribution < -0.4 is 10.9 Å². The molecule has 0 spiro atoms. The predicted molar refractivity (Wildman–Crippen MR) is 131 cm³/mol. The Hall–Kier alpha value is -3.52. The fourth-order valence-electron chi connectivity index (χ4n) is 4.65. The van der Waals surface area contributed by atoms with E-state index in [0.29, 0.717) is 15.8 Å². The summed E-state index contributed by atoms with van der Waals surface area (Å²) in [5.41, 5.74) is 0.830. The van der Waals surface area contributed by atoms with Gasteiger partial charge in [0, 0.05) is 16.5 Å². The standard InChI is InChI=1S/C26H24N2O5S/c1-2-33-26(32)21-22(30)17(14-18(29)15-10-6-5-7-11-15)28-23(21)27-24(31)20-16-12-8-3-4-9-13-19(16)34-25(20)28/h5-7,10-11,14,30H,2-4,8-9,12-13H2,1H3/b17-14+. The molecule has 1 aliphatic rings. The second kappa shape index (κ2) is 9.02. The number of esters is 1. The van der Waals surface area contributed by atoms with Gasteiger partial charge >= 0.3 is 5.97 Å². The number of fused-ring (bicyclic) bond motifs is 5. The molecule has 34 heavy (non-hydrogen) atoms. The number of carbonyl (C=O) groups is 2. The van der Waals surface area contributed by atoms with Crippen molar-refractivity contribution in [3.8, 4) is 5.75 Å². The van der Waals surface area contributed by atoms with E-state index in [1.165, 1.54) is 17.4 Å². The summed E-state index contributed by atoms with van der Waals surface area (Å²) in [4.78, 5) is 44.9. The molecule has 4 aromatic rings. The van der Waals surface area contributed by atoms with Crippen molar-refractivity contribution in [3.05, 3.63) is 67.6 Å². The van der Waals surface area contributed by atoms with Crippen molar-refractivity contribution in [1.82, 2.24) is 9.38 Å². The van der Waals surface area contributed by atoms with Gasteiger partial charge in [-0.3, -0.25) is 14.0 Å². The average Bonchev–Trinajstić information content (AvgIpc) is 3.29. The summed E-state index contributed by atoms with van der Waals surface area (Å²) in [7, 11) is 0. The number of aromatic nitrogens is 2. The van der Waals surface area contributed by atoms with E-state index in [-0.39, 0.29) is 28.9 Å². The number of aromatic hydroxyl groups is 1. The highest BCUT2D eigenvalue weighted by molar-refractivity contribution is 7.18. The Kier molecular flexibility index (Phi) is 5.91. The van der Waals surface area contributed by atoms with Gasteiger partial charge in [-0.25, -0.2) is 4.79 Å². The van der Waals surface area contributed by atoms with Gasteiger partial charge in [-0.15, -0.1) is 11.3 Å². The Labute approximate surface area is 199 Å². The predicted octanol–water partition coefficient (Wildman–Crippen LogP) is 3.83. The number of Topliss-reactive ketones (excluding diaryl/α,β-unsaturated/α-hetero) is 1. The number of thiophene rings is 1. The third-order valence-electron chi connectivity index (χ3n) is 6.24. The van der Waals surface area contributed by atoms with Crippen LogP contribution >= 0.6 is 11.3 Å². The second-order valence-corrected chi connectivity index (χ2v) is 9.46. The van der Waals surface area contributed by atoms with E-state index < -0.39 is 17.3 Å². The molecule has 3 aromatic heterocycles. The fraction of sp³-hybridized carbons (Fsp3) is 0.308. The first-order valence-corrected chi connectivity index (χ1v) is 12.3. The number of hydrogen-bond acceptors (Lipinski definition) is 7. The topological polar surface area (TPSA) is 98.0 Å². The lowest BCUT2D eigenvalue weighted by molar-refractivity contribution is 0.0525. The van der Waals surface area contributed by atoms with E-state index in [0.717, 1.165) is 49.0 Å². The van der Waals surface area contributed by atoms with Crippen molar-refractivity contribution in [2.45, 2.75) is 45.4 Å². The van der Waals surface area contributed by atoms with Gasteiger partial charge in [-0.05, 0) is 38.2 Å². The molecule has 174 valence electrons. The molecule has 3 heterocycles. The zero-order valence-electron chi connectivity index (χ0n) is 18.8. The maximum atomic E-state index is 13.2. The van der Waals surface area contributed by atoms with Crippen molar-refractivity contribution in [3.63, 3.8) is 0 Å². The minimum absolute atomic E-state index is 0.00906. The van der Waals surface area contributed by atoms with Crippen LogP contribution in [0.5, 0.6) is 5.75 Å². The highest BCUT2D eigenvalue weighted by Crippen LogP contribution is 2.34. The van der Waals surface area contributed by atoms with Crippen LogP contribution in [0.15, 0.2) is 35.1 Å². The molecule has 0 bridgehead atoms. The molecule has 0 saturated heterocycles. The number of hydrogen-bond donors (Lipinski definition) is 1. The normalized spacial score (nSPS) is 14.7.